The Morgan fingerprint density at radius 2 is 1.44 bits per heavy atom. The molecule has 0 fully saturated rings. The van der Waals surface area contributed by atoms with Gasteiger partial charge in [-0.1, -0.05) is 30.3 Å². The van der Waals surface area contributed by atoms with Gasteiger partial charge in [0.05, 0.1) is 56.5 Å². The molecule has 3 aromatic carbocycles. The largest absolute Gasteiger partial charge is 0.493 e. The Balaban J connectivity index is 1.91. The lowest BCUT2D eigenvalue weighted by atomic mass is 9.89. The van der Waals surface area contributed by atoms with Crippen molar-refractivity contribution in [3.63, 3.8) is 0 Å². The van der Waals surface area contributed by atoms with Gasteiger partial charge in [-0.05, 0) is 53.6 Å². The number of rotatable bonds is 9. The number of nitrogens with two attached hydrogens (primary N) is 1. The van der Waals surface area contributed by atoms with Crippen LogP contribution < -0.4 is 39.4 Å². The van der Waals surface area contributed by atoms with Crippen LogP contribution in [-0.4, -0.2) is 54.5 Å². The smallest absolute Gasteiger partial charge is 0.337 e. The van der Waals surface area contributed by atoms with E-state index < -0.39 is 27.3 Å². The van der Waals surface area contributed by atoms with Gasteiger partial charge in [-0.25, -0.2) is 13.2 Å². The van der Waals surface area contributed by atoms with Crippen molar-refractivity contribution in [1.82, 2.24) is 4.57 Å². The first kappa shape index (κ1) is 31.4. The highest BCUT2D eigenvalue weighted by Gasteiger charge is 2.42. The highest BCUT2D eigenvalue weighted by molar-refractivity contribution is 7.95. The molecule has 2 heterocycles. The first-order valence-corrected chi connectivity index (χ1v) is 15.7. The van der Waals surface area contributed by atoms with E-state index in [4.69, 9.17) is 29.4 Å². The summed E-state index contributed by atoms with van der Waals surface area (Å²) in [5, 5.41) is 0. The maximum atomic E-state index is 14.4. The lowest BCUT2D eigenvalue weighted by Gasteiger charge is -2.28. The average Bonchev–Trinajstić information content (AvgIpc) is 3.39. The van der Waals surface area contributed by atoms with Crippen molar-refractivity contribution in [3.05, 3.63) is 102 Å². The van der Waals surface area contributed by atoms with Crippen molar-refractivity contribution in [2.75, 3.05) is 35.5 Å². The minimum absolute atomic E-state index is 0.0681. The van der Waals surface area contributed by atoms with Gasteiger partial charge in [0.1, 0.15) is 15.4 Å². The third kappa shape index (κ3) is 5.44. The third-order valence-corrected chi connectivity index (χ3v) is 10.3. The Morgan fingerprint density at radius 1 is 0.844 bits per heavy atom. The van der Waals surface area contributed by atoms with Crippen LogP contribution in [0.1, 0.15) is 17.0 Å². The molecule has 45 heavy (non-hydrogen) atoms. The molecule has 11 nitrogen and oxygen atoms in total. The topological polar surface area (TPSA) is 145 Å². The van der Waals surface area contributed by atoms with Crippen LogP contribution in [0.3, 0.4) is 0 Å². The van der Waals surface area contributed by atoms with E-state index in [0.29, 0.717) is 34.1 Å². The summed E-state index contributed by atoms with van der Waals surface area (Å²) in [5.41, 5.74) is 6.91. The van der Waals surface area contributed by atoms with Crippen molar-refractivity contribution < 1.29 is 36.9 Å². The Morgan fingerprint density at radius 3 is 2.04 bits per heavy atom. The van der Waals surface area contributed by atoms with Gasteiger partial charge in [0.15, 0.2) is 23.0 Å². The molecule has 0 spiro atoms. The summed E-state index contributed by atoms with van der Waals surface area (Å²) in [6.07, 6.45) is 1.60. The number of benzene rings is 3. The summed E-state index contributed by atoms with van der Waals surface area (Å²) < 4.78 is 56.8. The summed E-state index contributed by atoms with van der Waals surface area (Å²) in [6, 6.07) is 17.5. The van der Waals surface area contributed by atoms with Gasteiger partial charge in [-0.2, -0.15) is 0 Å². The molecule has 0 radical (unpaired) electrons. The van der Waals surface area contributed by atoms with Crippen molar-refractivity contribution in [1.29, 1.82) is 0 Å². The molecule has 1 atom stereocenters. The van der Waals surface area contributed by atoms with Gasteiger partial charge < -0.3 is 29.4 Å². The standard InChI is InChI=1S/C32H30N2O9S2/c1-39-21-13-11-18(15-23(21)41-3)16-25-30(35)34-29(33)28(45(37,38)20-9-7-6-8-10-20)26(27(31(34)44-25)32(36)43-5)19-12-14-22(40-2)24(17-19)42-4/h6-17,26H,33H2,1-5H3. The number of methoxy groups -OCH3 is 5. The van der Waals surface area contributed by atoms with Gasteiger partial charge in [0.25, 0.3) is 5.56 Å². The van der Waals surface area contributed by atoms with Gasteiger partial charge in [-0.3, -0.25) is 9.36 Å². The lowest BCUT2D eigenvalue weighted by molar-refractivity contribution is -0.134. The lowest BCUT2D eigenvalue weighted by Crippen LogP contribution is -2.41. The van der Waals surface area contributed by atoms with Crippen LogP contribution in [0.25, 0.3) is 17.5 Å². The van der Waals surface area contributed by atoms with Crippen LogP contribution in [0.5, 0.6) is 23.0 Å². The number of aromatic nitrogens is 1. The molecule has 2 N–H and O–H groups in total. The fraction of sp³-hybridized carbons (Fsp3) is 0.188. The average molecular weight is 651 g/mol. The second kappa shape index (κ2) is 12.5. The minimum atomic E-state index is -4.39. The molecule has 1 aliphatic heterocycles. The predicted octanol–water partition coefficient (Wildman–Crippen LogP) is 2.45. The van der Waals surface area contributed by atoms with Crippen LogP contribution in [0.15, 0.2) is 81.3 Å². The van der Waals surface area contributed by atoms with Crippen molar-refractivity contribution in [2.24, 2.45) is 5.73 Å². The molecular formula is C32H30N2O9S2. The number of thiazole rings is 1. The zero-order valence-electron chi connectivity index (χ0n) is 25.0. The molecular weight excluding hydrogens is 620 g/mol. The minimum Gasteiger partial charge on any atom is -0.493 e. The summed E-state index contributed by atoms with van der Waals surface area (Å²) >= 11 is 0.980. The Bertz CT molecular complexity index is 2120. The van der Waals surface area contributed by atoms with Crippen LogP contribution in [0, 0.1) is 0 Å². The third-order valence-electron chi connectivity index (χ3n) is 7.29. The first-order chi connectivity index (χ1) is 21.6. The van der Waals surface area contributed by atoms with Gasteiger partial charge in [-0.15, -0.1) is 11.3 Å². The number of allylic oxidation sites excluding steroid dienone is 1. The molecule has 1 aliphatic rings. The van der Waals surface area contributed by atoms with E-state index in [-0.39, 0.29) is 30.4 Å². The Labute approximate surface area is 262 Å². The number of carbonyl (C=O) groups excluding carboxylic acids is 1. The maximum Gasteiger partial charge on any atom is 0.337 e. The number of hydrogen-bond acceptors (Lipinski definition) is 11. The molecule has 0 saturated carbocycles. The fourth-order valence-electron chi connectivity index (χ4n) is 5.17. The quantitative estimate of drug-likeness (QED) is 0.268. The van der Waals surface area contributed by atoms with E-state index in [0.717, 1.165) is 15.9 Å². The van der Waals surface area contributed by atoms with Crippen molar-refractivity contribution in [2.45, 2.75) is 10.8 Å². The van der Waals surface area contributed by atoms with Gasteiger partial charge in [0.2, 0.25) is 9.84 Å². The molecule has 1 unspecified atom stereocenters. The van der Waals surface area contributed by atoms with Gasteiger partial charge >= 0.3 is 5.97 Å². The molecule has 0 saturated heterocycles. The molecule has 0 amide bonds. The van der Waals surface area contributed by atoms with Crippen molar-refractivity contribution in [3.8, 4) is 23.0 Å². The number of esters is 1. The molecule has 13 heteroatoms. The normalized spacial score (nSPS) is 15.0. The SMILES string of the molecule is COC(=O)C1=c2sc(=Cc3ccc(OC)c(OC)c3)c(=O)n2C(N)=C(S(=O)(=O)c2ccccc2)C1c1ccc(OC)c(OC)c1. The number of ether oxygens (including phenoxy) is 5. The zero-order valence-corrected chi connectivity index (χ0v) is 26.7. The number of sulfone groups is 1. The van der Waals surface area contributed by atoms with Crippen LogP contribution in [0.2, 0.25) is 0 Å². The number of fused-ring (bicyclic) bond motifs is 1. The van der Waals surface area contributed by atoms with Crippen LogP contribution in [-0.2, 0) is 19.4 Å². The number of hydrogen-bond donors (Lipinski definition) is 1. The molecule has 5 rings (SSSR count). The predicted molar refractivity (Wildman–Crippen MR) is 170 cm³/mol. The second-order valence-electron chi connectivity index (χ2n) is 9.69. The van der Waals surface area contributed by atoms with E-state index in [2.05, 4.69) is 0 Å². The monoisotopic (exact) mass is 650 g/mol. The summed E-state index contributed by atoms with van der Waals surface area (Å²) in [6.45, 7) is 0. The Kier molecular flexibility index (Phi) is 8.75. The number of carbonyl (C=O) groups is 1. The van der Waals surface area contributed by atoms with Crippen molar-refractivity contribution >= 4 is 44.6 Å². The van der Waals surface area contributed by atoms with Crippen LogP contribution in [0.4, 0.5) is 0 Å². The van der Waals surface area contributed by atoms with E-state index in [1.165, 1.54) is 47.7 Å². The van der Waals surface area contributed by atoms with Crippen LogP contribution >= 0.6 is 11.3 Å². The first-order valence-electron chi connectivity index (χ1n) is 13.4. The highest BCUT2D eigenvalue weighted by atomic mass is 32.2. The highest BCUT2D eigenvalue weighted by Crippen LogP contribution is 2.44. The Hall–Kier alpha value is -5.01. The molecule has 1 aromatic heterocycles. The summed E-state index contributed by atoms with van der Waals surface area (Å²) in [7, 11) is 2.70. The number of nitrogens with zero attached hydrogens (tertiary/aromatic N) is 1. The molecule has 0 bridgehead atoms. The summed E-state index contributed by atoms with van der Waals surface area (Å²) in [5.74, 6) is -0.816. The zero-order chi connectivity index (χ0) is 32.5. The maximum absolute atomic E-state index is 14.4. The summed E-state index contributed by atoms with van der Waals surface area (Å²) in [4.78, 5) is 27.2. The van der Waals surface area contributed by atoms with E-state index in [1.54, 1.807) is 60.7 Å². The van der Waals surface area contributed by atoms with E-state index in [1.807, 2.05) is 0 Å². The second-order valence-corrected chi connectivity index (χ2v) is 12.6. The molecule has 4 aromatic rings. The van der Waals surface area contributed by atoms with E-state index in [9.17, 15) is 18.0 Å². The molecule has 234 valence electrons. The molecule has 0 aliphatic carbocycles. The fourth-order valence-corrected chi connectivity index (χ4v) is 8.04. The van der Waals surface area contributed by atoms with Gasteiger partial charge in [0, 0.05) is 0 Å². The van der Waals surface area contributed by atoms with E-state index >= 15 is 0 Å².